The Morgan fingerprint density at radius 1 is 1.21 bits per heavy atom. The largest absolute Gasteiger partial charge is 0.506 e. The van der Waals surface area contributed by atoms with Gasteiger partial charge in [-0.05, 0) is 12.1 Å². The summed E-state index contributed by atoms with van der Waals surface area (Å²) in [6, 6.07) is 4.88. The maximum absolute atomic E-state index is 9.11. The molecule has 0 heterocycles. The third-order valence-electron chi connectivity index (χ3n) is 1.17. The Balaban J connectivity index is 0. The first-order valence-electron chi connectivity index (χ1n) is 4.73. The summed E-state index contributed by atoms with van der Waals surface area (Å²) in [4.78, 5) is 0. The lowest BCUT2D eigenvalue weighted by atomic mass is 10.2. The van der Waals surface area contributed by atoms with E-state index in [-0.39, 0.29) is 10.8 Å². The Hall–Kier alpha value is -1.02. The summed E-state index contributed by atoms with van der Waals surface area (Å²) in [7, 11) is 0. The fourth-order valence-corrected chi connectivity index (χ4v) is 0.830. The number of benzene rings is 1. The molecule has 2 N–H and O–H groups in total. The van der Waals surface area contributed by atoms with Gasteiger partial charge < -0.3 is 10.5 Å². The highest BCUT2D eigenvalue weighted by atomic mass is 35.5. The Labute approximate surface area is 91.1 Å². The zero-order valence-electron chi connectivity index (χ0n) is 9.13. The molecule has 0 radical (unpaired) electrons. The van der Waals surface area contributed by atoms with Gasteiger partial charge in [-0.25, -0.2) is 0 Å². The van der Waals surface area contributed by atoms with Crippen LogP contribution in [-0.2, 0) is 0 Å². The number of phenols is 1. The second kappa shape index (κ2) is 10.1. The summed E-state index contributed by atoms with van der Waals surface area (Å²) in [6.07, 6.45) is 1.06. The number of nitrogens with one attached hydrogen (secondary N) is 1. The van der Waals surface area contributed by atoms with Crippen LogP contribution in [0.15, 0.2) is 18.2 Å². The number of hydrogen-bond acceptors (Lipinski definition) is 2. The quantitative estimate of drug-likeness (QED) is 0.681. The Morgan fingerprint density at radius 3 is 2.07 bits per heavy atom. The molecule has 0 saturated carbocycles. The van der Waals surface area contributed by atoms with Gasteiger partial charge in [-0.15, -0.1) is 0 Å². The first kappa shape index (κ1) is 15.5. The first-order valence-corrected chi connectivity index (χ1v) is 5.11. The number of aromatic hydroxyl groups is 1. The standard InChI is InChI=1S/C7H6ClNO.2C2H6/c8-6-3-1-2-5(4-9)7(6)10;2*1-2/h1-4,9-10H;2*1-2H3. The van der Waals surface area contributed by atoms with E-state index in [2.05, 4.69) is 0 Å². The molecule has 0 saturated heterocycles. The molecule has 0 spiro atoms. The van der Waals surface area contributed by atoms with E-state index in [1.165, 1.54) is 0 Å². The number of rotatable bonds is 1. The predicted molar refractivity (Wildman–Crippen MR) is 63.7 cm³/mol. The molecular weight excluding hydrogens is 198 g/mol. The molecule has 0 aliphatic carbocycles. The van der Waals surface area contributed by atoms with E-state index in [0.717, 1.165) is 6.21 Å². The average Bonchev–Trinajstić information content (AvgIpc) is 2.28. The Kier molecular flexibility index (Phi) is 11.1. The molecule has 0 fully saturated rings. The summed E-state index contributed by atoms with van der Waals surface area (Å²) in [6.45, 7) is 8.00. The van der Waals surface area contributed by atoms with Crippen LogP contribution < -0.4 is 0 Å². The molecule has 0 aliphatic heterocycles. The highest BCUT2D eigenvalue weighted by molar-refractivity contribution is 6.32. The van der Waals surface area contributed by atoms with E-state index in [9.17, 15) is 0 Å². The molecule has 2 nitrogen and oxygen atoms in total. The van der Waals surface area contributed by atoms with Crippen molar-refractivity contribution in [2.24, 2.45) is 0 Å². The summed E-state index contributed by atoms with van der Waals surface area (Å²) in [5.74, 6) is -0.0285. The smallest absolute Gasteiger partial charge is 0.142 e. The topological polar surface area (TPSA) is 44.1 Å². The number of hydrogen-bond donors (Lipinski definition) is 2. The van der Waals surface area contributed by atoms with Crippen molar-refractivity contribution in [2.45, 2.75) is 27.7 Å². The van der Waals surface area contributed by atoms with Crippen LogP contribution in [0, 0.1) is 5.41 Å². The van der Waals surface area contributed by atoms with Gasteiger partial charge in [0.15, 0.2) is 0 Å². The summed E-state index contributed by atoms with van der Waals surface area (Å²) in [5, 5.41) is 16.2. The molecule has 0 aliphatic rings. The van der Waals surface area contributed by atoms with Crippen LogP contribution in [-0.4, -0.2) is 11.3 Å². The maximum Gasteiger partial charge on any atom is 0.142 e. The van der Waals surface area contributed by atoms with Gasteiger partial charge in [0.05, 0.1) is 5.02 Å². The molecule has 0 aromatic heterocycles. The van der Waals surface area contributed by atoms with Gasteiger partial charge in [0.1, 0.15) is 5.75 Å². The number of para-hydroxylation sites is 1. The SMILES string of the molecule is CC.CC.N=Cc1cccc(Cl)c1O. The lowest BCUT2D eigenvalue weighted by molar-refractivity contribution is 0.474. The van der Waals surface area contributed by atoms with E-state index < -0.39 is 0 Å². The van der Waals surface area contributed by atoms with E-state index in [4.69, 9.17) is 22.1 Å². The van der Waals surface area contributed by atoms with Crippen molar-refractivity contribution >= 4 is 17.8 Å². The van der Waals surface area contributed by atoms with Crippen molar-refractivity contribution < 1.29 is 5.11 Å². The minimum atomic E-state index is -0.0285. The van der Waals surface area contributed by atoms with E-state index in [0.29, 0.717) is 5.56 Å². The molecule has 0 atom stereocenters. The molecule has 0 amide bonds. The molecular formula is C11H18ClNO. The van der Waals surface area contributed by atoms with E-state index in [1.807, 2.05) is 27.7 Å². The van der Waals surface area contributed by atoms with Gasteiger partial charge in [-0.2, -0.15) is 0 Å². The Morgan fingerprint density at radius 2 is 1.71 bits per heavy atom. The molecule has 1 rings (SSSR count). The molecule has 1 aromatic carbocycles. The minimum Gasteiger partial charge on any atom is -0.506 e. The van der Waals surface area contributed by atoms with Crippen molar-refractivity contribution in [3.8, 4) is 5.75 Å². The van der Waals surface area contributed by atoms with Gasteiger partial charge in [-0.3, -0.25) is 0 Å². The fraction of sp³-hybridized carbons (Fsp3) is 0.364. The third kappa shape index (κ3) is 4.87. The van der Waals surface area contributed by atoms with Crippen LogP contribution in [0.4, 0.5) is 0 Å². The number of halogens is 1. The highest BCUT2D eigenvalue weighted by Crippen LogP contribution is 2.24. The van der Waals surface area contributed by atoms with Crippen LogP contribution >= 0.6 is 11.6 Å². The van der Waals surface area contributed by atoms with Gasteiger partial charge in [-0.1, -0.05) is 45.4 Å². The summed E-state index contributed by atoms with van der Waals surface area (Å²) >= 11 is 5.54. The monoisotopic (exact) mass is 215 g/mol. The number of phenolic OH excluding ortho intramolecular Hbond substituents is 1. The molecule has 80 valence electrons. The van der Waals surface area contributed by atoms with Crippen LogP contribution in [0.5, 0.6) is 5.75 Å². The third-order valence-corrected chi connectivity index (χ3v) is 1.48. The molecule has 3 heteroatoms. The molecule has 14 heavy (non-hydrogen) atoms. The summed E-state index contributed by atoms with van der Waals surface area (Å²) < 4.78 is 0. The second-order valence-electron chi connectivity index (χ2n) is 1.82. The zero-order valence-corrected chi connectivity index (χ0v) is 9.89. The summed E-state index contributed by atoms with van der Waals surface area (Å²) in [5.41, 5.74) is 0.438. The van der Waals surface area contributed by atoms with E-state index in [1.54, 1.807) is 18.2 Å². The van der Waals surface area contributed by atoms with Gasteiger partial charge >= 0.3 is 0 Å². The maximum atomic E-state index is 9.11. The van der Waals surface area contributed by atoms with Crippen LogP contribution in [0.1, 0.15) is 33.3 Å². The van der Waals surface area contributed by atoms with Crippen molar-refractivity contribution in [3.05, 3.63) is 28.8 Å². The van der Waals surface area contributed by atoms with Crippen LogP contribution in [0.2, 0.25) is 5.02 Å². The molecule has 0 bridgehead atoms. The van der Waals surface area contributed by atoms with Crippen molar-refractivity contribution in [1.29, 1.82) is 5.41 Å². The van der Waals surface area contributed by atoms with Gasteiger partial charge in [0.25, 0.3) is 0 Å². The lowest BCUT2D eigenvalue weighted by Gasteiger charge is -1.97. The van der Waals surface area contributed by atoms with E-state index >= 15 is 0 Å². The van der Waals surface area contributed by atoms with Crippen LogP contribution in [0.25, 0.3) is 0 Å². The predicted octanol–water partition coefficient (Wildman–Crippen LogP) is 4.10. The molecule has 1 aromatic rings. The normalized spacial score (nSPS) is 7.50. The lowest BCUT2D eigenvalue weighted by Crippen LogP contribution is -1.79. The van der Waals surface area contributed by atoms with Crippen LogP contribution in [0.3, 0.4) is 0 Å². The minimum absolute atomic E-state index is 0.0285. The van der Waals surface area contributed by atoms with Crippen molar-refractivity contribution in [2.75, 3.05) is 0 Å². The van der Waals surface area contributed by atoms with Gasteiger partial charge in [0, 0.05) is 11.8 Å². The Bertz CT molecular complexity index is 261. The van der Waals surface area contributed by atoms with Crippen molar-refractivity contribution in [3.63, 3.8) is 0 Å². The zero-order chi connectivity index (χ0) is 11.6. The highest BCUT2D eigenvalue weighted by Gasteiger charge is 2.00. The average molecular weight is 216 g/mol. The van der Waals surface area contributed by atoms with Crippen molar-refractivity contribution in [1.82, 2.24) is 0 Å². The van der Waals surface area contributed by atoms with Gasteiger partial charge in [0.2, 0.25) is 0 Å². The first-order chi connectivity index (χ1) is 6.75. The molecule has 0 unspecified atom stereocenters. The second-order valence-corrected chi connectivity index (χ2v) is 2.23. The fourth-order valence-electron chi connectivity index (χ4n) is 0.648.